The van der Waals surface area contributed by atoms with Gasteiger partial charge in [0.1, 0.15) is 23.7 Å². The van der Waals surface area contributed by atoms with Crippen LogP contribution in [0.15, 0.2) is 47.6 Å². The van der Waals surface area contributed by atoms with Gasteiger partial charge in [-0.1, -0.05) is 78.0 Å². The van der Waals surface area contributed by atoms with Gasteiger partial charge < -0.3 is 38.2 Å². The first-order valence-electron chi connectivity index (χ1n) is 26.5. The first kappa shape index (κ1) is 60.5. The minimum atomic E-state index is -2.78. The molecule has 0 aromatic carbocycles. The molecule has 15 heteroatoms. The average Bonchev–Trinajstić information content (AvgIpc) is 3.31. The number of Topliss-reactive ketones (excluding diaryl/α,β-unsaturated/α-hetero) is 3. The number of amides is 1. The van der Waals surface area contributed by atoms with Gasteiger partial charge in [0.15, 0.2) is 7.37 Å². The van der Waals surface area contributed by atoms with Gasteiger partial charge in [0.2, 0.25) is 5.79 Å². The Bertz CT molecular complexity index is 1990. The highest BCUT2D eigenvalue weighted by Gasteiger charge is 2.53. The van der Waals surface area contributed by atoms with Gasteiger partial charge in [-0.2, -0.15) is 0 Å². The van der Waals surface area contributed by atoms with Crippen LogP contribution in [0.4, 0.5) is 0 Å². The van der Waals surface area contributed by atoms with Crippen LogP contribution in [0, 0.1) is 41.4 Å². The van der Waals surface area contributed by atoms with Crippen molar-refractivity contribution in [1.82, 2.24) is 4.90 Å². The maximum absolute atomic E-state index is 14.6. The Kier molecular flexibility index (Phi) is 23.4. The molecular weight excluding hydrogens is 926 g/mol. The van der Waals surface area contributed by atoms with Crippen molar-refractivity contribution in [2.75, 3.05) is 34.1 Å². The quantitative estimate of drug-likeness (QED) is 0.0999. The monoisotopic (exact) mass is 1020 g/mol. The average molecular weight is 1020 g/mol. The van der Waals surface area contributed by atoms with Gasteiger partial charge in [0, 0.05) is 70.6 Å². The van der Waals surface area contributed by atoms with Crippen molar-refractivity contribution >= 4 is 36.6 Å². The number of nitrogens with zero attached hydrogens (tertiary/aromatic N) is 1. The van der Waals surface area contributed by atoms with Crippen LogP contribution in [0.2, 0.25) is 0 Å². The van der Waals surface area contributed by atoms with E-state index in [1.54, 1.807) is 41.4 Å². The van der Waals surface area contributed by atoms with Crippen molar-refractivity contribution in [3.63, 3.8) is 0 Å². The van der Waals surface area contributed by atoms with Crippen LogP contribution < -0.4 is 0 Å². The van der Waals surface area contributed by atoms with Crippen molar-refractivity contribution in [1.29, 1.82) is 0 Å². The maximum atomic E-state index is 14.6. The summed E-state index contributed by atoms with van der Waals surface area (Å²) in [6.45, 7) is 22.3. The number of carbonyl (C=O) groups excluding carboxylic acids is 5. The summed E-state index contributed by atoms with van der Waals surface area (Å²) in [7, 11) is 0.430. The summed E-state index contributed by atoms with van der Waals surface area (Å²) in [6, 6.07) is -1.13. The summed E-state index contributed by atoms with van der Waals surface area (Å²) in [5.74, 6) is -7.58. The molecule has 0 aromatic rings. The highest BCUT2D eigenvalue weighted by molar-refractivity contribution is 7.57. The number of hydrogen-bond donors (Lipinski definition) is 1. The predicted octanol–water partition coefficient (Wildman–Crippen LogP) is 9.80. The van der Waals surface area contributed by atoms with E-state index < -0.39 is 79.0 Å². The minimum Gasteiger partial charge on any atom is -0.460 e. The number of fused-ring (bicyclic) bond motifs is 3. The van der Waals surface area contributed by atoms with E-state index >= 15 is 0 Å². The second kappa shape index (κ2) is 27.4. The Balaban J connectivity index is 1.73. The van der Waals surface area contributed by atoms with Gasteiger partial charge in [-0.05, 0) is 121 Å². The summed E-state index contributed by atoms with van der Waals surface area (Å²) in [6.07, 6.45) is 14.1. The molecule has 1 amide bonds. The molecule has 2 saturated heterocycles. The van der Waals surface area contributed by atoms with Gasteiger partial charge in [-0.3, -0.25) is 23.7 Å². The highest BCUT2D eigenvalue weighted by Crippen LogP contribution is 2.45. The van der Waals surface area contributed by atoms with Crippen LogP contribution in [-0.2, 0) is 56.7 Å². The molecule has 3 fully saturated rings. The van der Waals surface area contributed by atoms with Crippen molar-refractivity contribution in [3.05, 3.63) is 47.6 Å². The van der Waals surface area contributed by atoms with Crippen molar-refractivity contribution in [2.24, 2.45) is 41.4 Å². The Hall–Kier alpha value is -3.10. The zero-order valence-electron chi connectivity index (χ0n) is 45.6. The van der Waals surface area contributed by atoms with Gasteiger partial charge in [0.25, 0.3) is 11.7 Å². The number of aliphatic hydroxyl groups is 1. The van der Waals surface area contributed by atoms with E-state index in [-0.39, 0.29) is 72.9 Å². The number of cyclic esters (lactones) is 1. The number of esters is 1. The molecule has 402 valence electrons. The predicted molar refractivity (Wildman–Crippen MR) is 276 cm³/mol. The Morgan fingerprint density at radius 1 is 0.845 bits per heavy atom. The van der Waals surface area contributed by atoms with Crippen molar-refractivity contribution < 1.29 is 61.9 Å². The smallest absolute Gasteiger partial charge is 0.329 e. The van der Waals surface area contributed by atoms with E-state index in [4.69, 9.17) is 28.2 Å². The molecular formula is C56H90NO13P. The van der Waals surface area contributed by atoms with Crippen molar-refractivity contribution in [2.45, 2.75) is 201 Å². The molecule has 2 bridgehead atoms. The number of allylic oxidation sites excluding steroid dienone is 6. The molecule has 71 heavy (non-hydrogen) atoms. The number of methoxy groups -OCH3 is 2. The molecule has 14 nitrogen and oxygen atoms in total. The highest BCUT2D eigenvalue weighted by atomic mass is 31.2. The van der Waals surface area contributed by atoms with E-state index in [0.29, 0.717) is 57.8 Å². The van der Waals surface area contributed by atoms with Crippen LogP contribution in [0.25, 0.3) is 0 Å². The number of ketones is 3. The summed E-state index contributed by atoms with van der Waals surface area (Å²) in [4.78, 5) is 73.1. The van der Waals surface area contributed by atoms with E-state index in [1.165, 1.54) is 4.90 Å². The second-order valence-electron chi connectivity index (χ2n) is 22.2. The van der Waals surface area contributed by atoms with Crippen LogP contribution in [-0.4, -0.2) is 128 Å². The molecule has 1 N–H and O–H groups in total. The van der Waals surface area contributed by atoms with Crippen LogP contribution in [0.5, 0.6) is 0 Å². The molecule has 0 radical (unpaired) electrons. The fourth-order valence-electron chi connectivity index (χ4n) is 11.1. The molecule has 0 spiro atoms. The van der Waals surface area contributed by atoms with Gasteiger partial charge in [0.05, 0.1) is 36.6 Å². The number of ether oxygens (including phenoxy) is 5. The largest absolute Gasteiger partial charge is 0.460 e. The third-order valence-corrected chi connectivity index (χ3v) is 16.1. The summed E-state index contributed by atoms with van der Waals surface area (Å²) >= 11 is 0. The van der Waals surface area contributed by atoms with Gasteiger partial charge in [-0.15, -0.1) is 0 Å². The van der Waals surface area contributed by atoms with E-state index in [9.17, 15) is 33.6 Å². The maximum Gasteiger partial charge on any atom is 0.329 e. The van der Waals surface area contributed by atoms with E-state index in [2.05, 4.69) is 13.0 Å². The molecule has 15 atom stereocenters. The lowest BCUT2D eigenvalue weighted by atomic mass is 9.78. The molecule has 1 aliphatic carbocycles. The Morgan fingerprint density at radius 2 is 1.55 bits per heavy atom. The fraction of sp³-hybridized carbons (Fsp3) is 0.768. The summed E-state index contributed by atoms with van der Waals surface area (Å²) in [5, 5.41) is 12.0. The van der Waals surface area contributed by atoms with Gasteiger partial charge in [-0.25, -0.2) is 4.79 Å². The first-order valence-corrected chi connectivity index (χ1v) is 29.0. The molecule has 3 heterocycles. The van der Waals surface area contributed by atoms with Crippen LogP contribution in [0.1, 0.15) is 146 Å². The molecule has 0 aromatic heterocycles. The normalized spacial score (nSPS) is 37.2. The molecule has 4 rings (SSSR count). The molecule has 4 aliphatic rings. The molecule has 0 unspecified atom stereocenters. The lowest BCUT2D eigenvalue weighted by molar-refractivity contribution is -0.265. The lowest BCUT2D eigenvalue weighted by Crippen LogP contribution is -2.61. The fourth-order valence-corrected chi connectivity index (χ4v) is 12.0. The lowest BCUT2D eigenvalue weighted by Gasteiger charge is -2.42. The van der Waals surface area contributed by atoms with Crippen molar-refractivity contribution in [3.8, 4) is 0 Å². The summed E-state index contributed by atoms with van der Waals surface area (Å²) < 4.78 is 49.3. The third-order valence-electron chi connectivity index (χ3n) is 15.3. The SMILES string of the molecule is CO[C@H]1C[C@@H]2CC[C@@H](C)[C@@](O)(O2)C(=O)C(=O)N2CCCC[C@H]2C(=O)O[C@H]([C@H](C)C[C@@H]2CC[C@@H](OP(C)(C)=O)[C@H](OC)C2)CC(=O)[C@H](C)/C=C(\C)[C@@H](OC(C)C)[C@@H](C)C(=O)[C@H](C)C[C@H](C)/C=C/C=CC=C1C. The Labute approximate surface area is 425 Å². The molecule has 3 aliphatic heterocycles. The summed E-state index contributed by atoms with van der Waals surface area (Å²) in [5.41, 5.74) is 1.66. The standard InChI is InChI=1S/C56H90NO13P/c1-34(2)67-52-40(8)29-37(5)46(58)33-49(38(6)30-43-24-26-47(50(31-43)66-12)70-71(13,14)64)68-55(62)45-22-18-19-27-57(45)54(61)53(60)56(63)41(9)23-25-44(69-56)32-48(65-11)36(4)21-17-15-16-20-35(3)28-39(7)51(59)42(52)10/h15-17,20-21,29,34-35,37-39,41-45,47-50,52,63H,18-19,22-28,30-33H2,1-14H3/b17-15?,20-16+,36-21?,40-29+/t35-,37-,38-,39-,41-,42+,43+,44+,45+,47-,48+,49+,50-,52-,56-/m1/s1. The minimum absolute atomic E-state index is 0.0774. The number of carbonyl (C=O) groups is 5. The third kappa shape index (κ3) is 17.2. The van der Waals surface area contributed by atoms with Gasteiger partial charge >= 0.3 is 5.97 Å². The van der Waals surface area contributed by atoms with E-state index in [1.807, 2.05) is 78.8 Å². The first-order chi connectivity index (χ1) is 33.3. The zero-order valence-corrected chi connectivity index (χ0v) is 46.5. The topological polar surface area (TPSA) is 181 Å². The van der Waals surface area contributed by atoms with Crippen LogP contribution >= 0.6 is 7.37 Å². The Morgan fingerprint density at radius 3 is 2.20 bits per heavy atom. The second-order valence-corrected chi connectivity index (χ2v) is 24.9. The number of rotatable bonds is 9. The number of piperidine rings is 1. The number of hydrogen-bond acceptors (Lipinski definition) is 13. The molecule has 1 saturated carbocycles. The zero-order chi connectivity index (χ0) is 53.0. The van der Waals surface area contributed by atoms with E-state index in [0.717, 1.165) is 17.6 Å². The van der Waals surface area contributed by atoms with Crippen LogP contribution in [0.3, 0.4) is 0 Å².